The standard InChI is InChI=1S/C29H31F3N6O4S3/c1-17(2)28-36-26(19-4-6-21(31)24(14-19)37-45(41,42)25-15-20(30)5-7-22(25)32)27(43-28)23-8-11-33-29(35-23)34-16-18-9-12-38(13-10-18)44(3,39)40/h4-8,11,14-15,17-18,37H,9-10,12-13,16H2,1-3H3,(H,33,34,35). The molecule has 16 heteroatoms. The van der Waals surface area contributed by atoms with Crippen molar-refractivity contribution in [1.82, 2.24) is 19.3 Å². The number of thiazole rings is 1. The fourth-order valence-electron chi connectivity index (χ4n) is 4.84. The normalized spacial score (nSPS) is 15.0. The number of anilines is 2. The highest BCUT2D eigenvalue weighted by atomic mass is 32.2. The summed E-state index contributed by atoms with van der Waals surface area (Å²) >= 11 is 1.38. The van der Waals surface area contributed by atoms with Gasteiger partial charge in [-0.15, -0.1) is 11.3 Å². The molecule has 10 nitrogen and oxygen atoms in total. The molecule has 2 N–H and O–H groups in total. The molecule has 1 aliphatic heterocycles. The van der Waals surface area contributed by atoms with E-state index in [2.05, 4.69) is 15.3 Å². The number of halogens is 3. The van der Waals surface area contributed by atoms with Crippen LogP contribution in [0.3, 0.4) is 0 Å². The third kappa shape index (κ3) is 7.62. The Hall–Kier alpha value is -3.60. The lowest BCUT2D eigenvalue weighted by molar-refractivity contribution is 0.283. The number of hydrogen-bond acceptors (Lipinski definition) is 9. The highest BCUT2D eigenvalue weighted by Crippen LogP contribution is 2.40. The Balaban J connectivity index is 1.41. The molecule has 4 aromatic rings. The summed E-state index contributed by atoms with van der Waals surface area (Å²) < 4.78 is 95.7. The Bertz CT molecular complexity index is 1930. The smallest absolute Gasteiger partial charge is 0.265 e. The number of nitrogens with zero attached hydrogens (tertiary/aromatic N) is 4. The average molecular weight is 681 g/mol. The summed E-state index contributed by atoms with van der Waals surface area (Å²) in [6.45, 7) is 5.40. The van der Waals surface area contributed by atoms with E-state index in [9.17, 15) is 30.0 Å². The van der Waals surface area contributed by atoms with Gasteiger partial charge in [-0.3, -0.25) is 4.72 Å². The van der Waals surface area contributed by atoms with Gasteiger partial charge in [0.15, 0.2) is 0 Å². The summed E-state index contributed by atoms with van der Waals surface area (Å²) in [6, 6.07) is 7.44. The molecule has 1 saturated heterocycles. The lowest BCUT2D eigenvalue weighted by Crippen LogP contribution is -2.39. The zero-order valence-electron chi connectivity index (χ0n) is 24.6. The Labute approximate surface area is 263 Å². The zero-order chi connectivity index (χ0) is 32.5. The zero-order valence-corrected chi connectivity index (χ0v) is 27.0. The molecule has 5 rings (SSSR count). The highest BCUT2D eigenvalue weighted by Gasteiger charge is 2.26. The summed E-state index contributed by atoms with van der Waals surface area (Å²) in [7, 11) is -7.89. The maximum absolute atomic E-state index is 14.9. The van der Waals surface area contributed by atoms with Crippen LogP contribution in [-0.4, -0.2) is 62.0 Å². The Morgan fingerprint density at radius 2 is 1.69 bits per heavy atom. The molecule has 0 amide bonds. The van der Waals surface area contributed by atoms with Gasteiger partial charge >= 0.3 is 0 Å². The maximum atomic E-state index is 14.9. The second-order valence-corrected chi connectivity index (χ2v) is 15.7. The minimum atomic E-state index is -4.67. The predicted molar refractivity (Wildman–Crippen MR) is 167 cm³/mol. The summed E-state index contributed by atoms with van der Waals surface area (Å²) in [6.07, 6.45) is 4.22. The van der Waals surface area contributed by atoms with Gasteiger partial charge in [-0.1, -0.05) is 13.8 Å². The van der Waals surface area contributed by atoms with E-state index in [4.69, 9.17) is 4.98 Å². The second-order valence-electron chi connectivity index (χ2n) is 11.0. The van der Waals surface area contributed by atoms with Crippen LogP contribution in [0, 0.1) is 23.4 Å². The molecule has 2 aromatic carbocycles. The predicted octanol–water partition coefficient (Wildman–Crippen LogP) is 5.69. The molecular formula is C29H31F3N6O4S3. The minimum Gasteiger partial charge on any atom is -0.354 e. The number of rotatable bonds is 10. The van der Waals surface area contributed by atoms with Crippen LogP contribution in [0.15, 0.2) is 53.6 Å². The summed E-state index contributed by atoms with van der Waals surface area (Å²) in [5, 5.41) is 4.01. The Kier molecular flexibility index (Phi) is 9.49. The number of aromatic nitrogens is 3. The molecule has 45 heavy (non-hydrogen) atoms. The lowest BCUT2D eigenvalue weighted by atomic mass is 9.98. The third-order valence-electron chi connectivity index (χ3n) is 7.28. The fraction of sp³-hybridized carbons (Fsp3) is 0.345. The van der Waals surface area contributed by atoms with Crippen molar-refractivity contribution >= 4 is 43.0 Å². The van der Waals surface area contributed by atoms with Crippen LogP contribution < -0.4 is 10.0 Å². The fourth-order valence-corrected chi connectivity index (χ4v) is 7.92. The number of hydrogen-bond donors (Lipinski definition) is 2. The first kappa shape index (κ1) is 32.8. The van der Waals surface area contributed by atoms with Crippen molar-refractivity contribution in [3.8, 4) is 21.8 Å². The van der Waals surface area contributed by atoms with Crippen LogP contribution in [0.5, 0.6) is 0 Å². The molecule has 0 aliphatic carbocycles. The lowest BCUT2D eigenvalue weighted by Gasteiger charge is -2.30. The third-order valence-corrected chi connectivity index (χ3v) is 11.3. The first-order chi connectivity index (χ1) is 21.2. The van der Waals surface area contributed by atoms with Crippen molar-refractivity contribution in [3.05, 3.63) is 71.1 Å². The number of benzene rings is 2. The molecule has 0 atom stereocenters. The minimum absolute atomic E-state index is 0.0362. The monoisotopic (exact) mass is 680 g/mol. The maximum Gasteiger partial charge on any atom is 0.265 e. The van der Waals surface area contributed by atoms with E-state index in [0.717, 1.165) is 17.1 Å². The van der Waals surface area contributed by atoms with Crippen LogP contribution in [0.4, 0.5) is 24.8 Å². The molecule has 1 fully saturated rings. The van der Waals surface area contributed by atoms with Crippen molar-refractivity contribution in [2.75, 3.05) is 35.9 Å². The van der Waals surface area contributed by atoms with Crippen LogP contribution >= 0.6 is 11.3 Å². The van der Waals surface area contributed by atoms with Crippen molar-refractivity contribution < 1.29 is 30.0 Å². The van der Waals surface area contributed by atoms with Gasteiger partial charge in [0.1, 0.15) is 22.3 Å². The van der Waals surface area contributed by atoms with E-state index in [-0.39, 0.29) is 11.8 Å². The summed E-state index contributed by atoms with van der Waals surface area (Å²) in [5.74, 6) is -2.42. The SMILES string of the molecule is CC(C)c1nc(-c2ccc(F)c(NS(=O)(=O)c3cc(F)ccc3F)c2)c(-c2ccnc(NCC3CCN(S(C)(=O)=O)CC3)n2)s1. The van der Waals surface area contributed by atoms with Crippen LogP contribution in [0.1, 0.15) is 37.6 Å². The van der Waals surface area contributed by atoms with Gasteiger partial charge in [0, 0.05) is 37.3 Å². The molecule has 2 aromatic heterocycles. The summed E-state index contributed by atoms with van der Waals surface area (Å²) in [5.41, 5.74) is 0.872. The van der Waals surface area contributed by atoms with Crippen LogP contribution in [0.2, 0.25) is 0 Å². The molecule has 0 radical (unpaired) electrons. The number of sulfonamides is 2. The van der Waals surface area contributed by atoms with E-state index in [1.807, 2.05) is 18.6 Å². The molecule has 0 spiro atoms. The molecule has 3 heterocycles. The Morgan fingerprint density at radius 3 is 2.38 bits per heavy atom. The van der Waals surface area contributed by atoms with Gasteiger partial charge in [-0.25, -0.2) is 49.3 Å². The molecule has 0 saturated carbocycles. The van der Waals surface area contributed by atoms with Crippen molar-refractivity contribution in [2.24, 2.45) is 5.92 Å². The van der Waals surface area contributed by atoms with Crippen molar-refractivity contribution in [1.29, 1.82) is 0 Å². The first-order valence-corrected chi connectivity index (χ1v) is 18.2. The Morgan fingerprint density at radius 1 is 0.978 bits per heavy atom. The van der Waals surface area contributed by atoms with Crippen LogP contribution in [0.25, 0.3) is 21.8 Å². The van der Waals surface area contributed by atoms with Gasteiger partial charge in [0.05, 0.1) is 33.2 Å². The van der Waals surface area contributed by atoms with E-state index < -0.39 is 48.1 Å². The van der Waals surface area contributed by atoms with Crippen molar-refractivity contribution in [2.45, 2.75) is 37.5 Å². The summed E-state index contributed by atoms with van der Waals surface area (Å²) in [4.78, 5) is 13.5. The van der Waals surface area contributed by atoms with E-state index in [1.165, 1.54) is 34.0 Å². The van der Waals surface area contributed by atoms with Gasteiger partial charge < -0.3 is 5.32 Å². The second kappa shape index (κ2) is 13.0. The highest BCUT2D eigenvalue weighted by molar-refractivity contribution is 7.92. The van der Waals surface area contributed by atoms with E-state index in [1.54, 1.807) is 12.3 Å². The van der Waals surface area contributed by atoms with E-state index in [0.29, 0.717) is 72.4 Å². The topological polar surface area (TPSA) is 134 Å². The van der Waals surface area contributed by atoms with Gasteiger partial charge in [0.2, 0.25) is 16.0 Å². The molecule has 0 unspecified atom stereocenters. The van der Waals surface area contributed by atoms with Gasteiger partial charge in [-0.2, -0.15) is 0 Å². The van der Waals surface area contributed by atoms with E-state index >= 15 is 0 Å². The molecule has 240 valence electrons. The average Bonchev–Trinajstić information content (AvgIpc) is 3.44. The van der Waals surface area contributed by atoms with Crippen molar-refractivity contribution in [3.63, 3.8) is 0 Å². The molecular weight excluding hydrogens is 650 g/mol. The van der Waals surface area contributed by atoms with Gasteiger partial charge in [0.25, 0.3) is 10.0 Å². The number of piperidine rings is 1. The quantitative estimate of drug-likeness (QED) is 0.218. The van der Waals surface area contributed by atoms with Gasteiger partial charge in [-0.05, 0) is 61.2 Å². The van der Waals surface area contributed by atoms with Crippen LogP contribution in [-0.2, 0) is 20.0 Å². The number of nitrogens with one attached hydrogen (secondary N) is 2. The molecule has 0 bridgehead atoms. The largest absolute Gasteiger partial charge is 0.354 e. The first-order valence-electron chi connectivity index (χ1n) is 14.0. The molecule has 1 aliphatic rings.